The number of hydrogen-bond acceptors (Lipinski definition) is 2. The highest BCUT2D eigenvalue weighted by molar-refractivity contribution is 7.16. The van der Waals surface area contributed by atoms with Crippen molar-refractivity contribution in [2.45, 2.75) is 6.54 Å². The van der Waals surface area contributed by atoms with Crippen LogP contribution in [0.3, 0.4) is 0 Å². The molecule has 1 nitrogen and oxygen atoms in total. The van der Waals surface area contributed by atoms with Crippen LogP contribution in [0.25, 0.3) is 0 Å². The van der Waals surface area contributed by atoms with Crippen LogP contribution in [0.2, 0.25) is 4.34 Å². The van der Waals surface area contributed by atoms with Crippen molar-refractivity contribution in [3.63, 3.8) is 0 Å². The van der Waals surface area contributed by atoms with E-state index in [2.05, 4.69) is 5.32 Å². The van der Waals surface area contributed by atoms with Crippen LogP contribution in [0, 0.1) is 0 Å². The number of alkyl halides is 1. The largest absolute Gasteiger partial charge is 0.308 e. The molecule has 0 aliphatic carbocycles. The molecule has 0 fully saturated rings. The molecule has 1 N–H and O–H groups in total. The third-order valence-corrected chi connectivity index (χ3v) is 2.86. The van der Waals surface area contributed by atoms with Crippen LogP contribution in [0.15, 0.2) is 24.3 Å². The van der Waals surface area contributed by atoms with Crippen molar-refractivity contribution in [1.29, 1.82) is 0 Å². The van der Waals surface area contributed by atoms with Gasteiger partial charge >= 0.3 is 0 Å². The minimum atomic E-state index is 0.576. The van der Waals surface area contributed by atoms with Crippen LogP contribution >= 0.6 is 34.5 Å². The molecule has 0 saturated heterocycles. The third kappa shape index (κ3) is 4.67. The SMILES string of the molecule is ClC/C=C/CNCc1ccc(Cl)s1. The summed E-state index contributed by atoms with van der Waals surface area (Å²) < 4.78 is 0.841. The summed E-state index contributed by atoms with van der Waals surface area (Å²) >= 11 is 12.9. The predicted molar refractivity (Wildman–Crippen MR) is 60.9 cm³/mol. The molecule has 0 amide bonds. The van der Waals surface area contributed by atoms with Crippen LogP contribution in [0.4, 0.5) is 0 Å². The number of thiophene rings is 1. The molecular formula is C9H11Cl2NS. The van der Waals surface area contributed by atoms with E-state index in [1.807, 2.05) is 24.3 Å². The van der Waals surface area contributed by atoms with Gasteiger partial charge in [-0.05, 0) is 12.1 Å². The van der Waals surface area contributed by atoms with Gasteiger partial charge in [-0.25, -0.2) is 0 Å². The van der Waals surface area contributed by atoms with E-state index < -0.39 is 0 Å². The number of nitrogens with one attached hydrogen (secondary N) is 1. The van der Waals surface area contributed by atoms with Gasteiger partial charge in [0, 0.05) is 23.8 Å². The van der Waals surface area contributed by atoms with Crippen molar-refractivity contribution >= 4 is 34.5 Å². The molecular weight excluding hydrogens is 225 g/mol. The van der Waals surface area contributed by atoms with Gasteiger partial charge in [0.2, 0.25) is 0 Å². The fourth-order valence-electron chi connectivity index (χ4n) is 0.872. The maximum atomic E-state index is 5.78. The number of halogens is 2. The summed E-state index contributed by atoms with van der Waals surface area (Å²) in [5.41, 5.74) is 0. The summed E-state index contributed by atoms with van der Waals surface area (Å²) in [6, 6.07) is 3.95. The smallest absolute Gasteiger partial charge is 0.0931 e. The Morgan fingerprint density at radius 1 is 1.38 bits per heavy atom. The zero-order valence-electron chi connectivity index (χ0n) is 7.09. The van der Waals surface area contributed by atoms with Gasteiger partial charge in [0.25, 0.3) is 0 Å². The van der Waals surface area contributed by atoms with Gasteiger partial charge in [-0.15, -0.1) is 22.9 Å². The van der Waals surface area contributed by atoms with E-state index >= 15 is 0 Å². The average Bonchev–Trinajstić information content (AvgIpc) is 2.51. The molecule has 1 aromatic heterocycles. The summed E-state index contributed by atoms with van der Waals surface area (Å²) in [4.78, 5) is 1.25. The molecule has 0 aliphatic heterocycles. The first-order valence-corrected chi connectivity index (χ1v) is 5.71. The fraction of sp³-hybridized carbons (Fsp3) is 0.333. The van der Waals surface area contributed by atoms with Crippen molar-refractivity contribution in [3.8, 4) is 0 Å². The van der Waals surface area contributed by atoms with E-state index in [1.165, 1.54) is 4.88 Å². The maximum absolute atomic E-state index is 5.78. The zero-order valence-corrected chi connectivity index (χ0v) is 9.42. The van der Waals surface area contributed by atoms with Crippen molar-refractivity contribution in [3.05, 3.63) is 33.5 Å². The minimum Gasteiger partial charge on any atom is -0.308 e. The van der Waals surface area contributed by atoms with Gasteiger partial charge in [-0.2, -0.15) is 0 Å². The quantitative estimate of drug-likeness (QED) is 0.470. The van der Waals surface area contributed by atoms with Crippen LogP contribution in [-0.4, -0.2) is 12.4 Å². The highest BCUT2D eigenvalue weighted by Crippen LogP contribution is 2.20. The van der Waals surface area contributed by atoms with E-state index in [-0.39, 0.29) is 0 Å². The molecule has 0 aromatic carbocycles. The van der Waals surface area contributed by atoms with E-state index in [9.17, 15) is 0 Å². The van der Waals surface area contributed by atoms with E-state index in [1.54, 1.807) is 11.3 Å². The van der Waals surface area contributed by atoms with Crippen LogP contribution in [-0.2, 0) is 6.54 Å². The van der Waals surface area contributed by atoms with Crippen LogP contribution in [0.5, 0.6) is 0 Å². The lowest BCUT2D eigenvalue weighted by Crippen LogP contribution is -2.11. The Morgan fingerprint density at radius 2 is 2.23 bits per heavy atom. The Bertz CT molecular complexity index is 270. The summed E-state index contributed by atoms with van der Waals surface area (Å²) in [7, 11) is 0. The molecule has 13 heavy (non-hydrogen) atoms. The standard InChI is InChI=1S/C9H11Cl2NS/c10-5-1-2-6-12-7-8-3-4-9(11)13-8/h1-4,12H,5-7H2/b2-1+. The van der Waals surface area contributed by atoms with Gasteiger partial charge < -0.3 is 5.32 Å². The monoisotopic (exact) mass is 235 g/mol. The minimum absolute atomic E-state index is 0.576. The summed E-state index contributed by atoms with van der Waals surface area (Å²) in [5.74, 6) is 0.576. The van der Waals surface area contributed by atoms with Gasteiger partial charge in [0.05, 0.1) is 4.34 Å². The van der Waals surface area contributed by atoms with Gasteiger partial charge in [-0.3, -0.25) is 0 Å². The van der Waals surface area contributed by atoms with Crippen molar-refractivity contribution < 1.29 is 0 Å². The molecule has 0 saturated carbocycles. The number of rotatable bonds is 5. The molecule has 0 aliphatic rings. The zero-order chi connectivity index (χ0) is 9.52. The third-order valence-electron chi connectivity index (χ3n) is 1.45. The highest BCUT2D eigenvalue weighted by atomic mass is 35.5. The second-order valence-electron chi connectivity index (χ2n) is 2.46. The molecule has 0 unspecified atom stereocenters. The Balaban J connectivity index is 2.16. The van der Waals surface area contributed by atoms with Crippen molar-refractivity contribution in [1.82, 2.24) is 5.32 Å². The summed E-state index contributed by atoms with van der Waals surface area (Å²) in [6.07, 6.45) is 3.94. The fourth-order valence-corrected chi connectivity index (χ4v) is 2.05. The van der Waals surface area contributed by atoms with E-state index in [4.69, 9.17) is 23.2 Å². The van der Waals surface area contributed by atoms with Crippen molar-refractivity contribution in [2.24, 2.45) is 0 Å². The molecule has 72 valence electrons. The Kier molecular flexibility index (Phi) is 5.47. The first-order chi connectivity index (χ1) is 6.33. The first kappa shape index (κ1) is 11.1. The molecule has 1 aromatic rings. The molecule has 1 rings (SSSR count). The highest BCUT2D eigenvalue weighted by Gasteiger charge is 1.95. The molecule has 4 heteroatoms. The summed E-state index contributed by atoms with van der Waals surface area (Å²) in [6.45, 7) is 1.71. The van der Waals surface area contributed by atoms with Gasteiger partial charge in [-0.1, -0.05) is 23.8 Å². The lowest BCUT2D eigenvalue weighted by molar-refractivity contribution is 0.769. The lowest BCUT2D eigenvalue weighted by Gasteiger charge is -1.96. The topological polar surface area (TPSA) is 12.0 Å². The Morgan fingerprint density at radius 3 is 2.85 bits per heavy atom. The van der Waals surface area contributed by atoms with E-state index in [0.29, 0.717) is 5.88 Å². The molecule has 0 bridgehead atoms. The summed E-state index contributed by atoms with van der Waals surface area (Å²) in [5, 5.41) is 3.26. The first-order valence-electron chi connectivity index (χ1n) is 3.99. The Hall–Kier alpha value is -0.0200. The second-order valence-corrected chi connectivity index (χ2v) is 4.57. The normalized spacial score (nSPS) is 11.2. The molecule has 0 radical (unpaired) electrons. The van der Waals surface area contributed by atoms with Gasteiger partial charge in [0.1, 0.15) is 0 Å². The Labute approximate surface area is 92.4 Å². The molecule has 0 spiro atoms. The van der Waals surface area contributed by atoms with Crippen LogP contribution < -0.4 is 5.32 Å². The molecule has 1 heterocycles. The van der Waals surface area contributed by atoms with Crippen molar-refractivity contribution in [2.75, 3.05) is 12.4 Å². The van der Waals surface area contributed by atoms with Gasteiger partial charge in [0.15, 0.2) is 0 Å². The number of hydrogen-bond donors (Lipinski definition) is 1. The lowest BCUT2D eigenvalue weighted by atomic mass is 10.4. The average molecular weight is 236 g/mol. The van der Waals surface area contributed by atoms with E-state index in [0.717, 1.165) is 17.4 Å². The van der Waals surface area contributed by atoms with Crippen LogP contribution in [0.1, 0.15) is 4.88 Å². The molecule has 0 atom stereocenters. The second kappa shape index (κ2) is 6.44. The maximum Gasteiger partial charge on any atom is 0.0931 e. The number of allylic oxidation sites excluding steroid dienone is 1. The predicted octanol–water partition coefficient (Wildman–Crippen LogP) is 3.29.